The Bertz CT molecular complexity index is 770. The maximum atomic E-state index is 11.5. The largest absolute Gasteiger partial charge is 0.428 e. The van der Waals surface area contributed by atoms with Gasteiger partial charge in [-0.3, -0.25) is 4.79 Å². The number of fused-ring (bicyclic) bond motifs is 1. The number of nitrogens with two attached hydrogens (primary N) is 1. The molecule has 3 rings (SSSR count). The van der Waals surface area contributed by atoms with Crippen molar-refractivity contribution in [2.45, 2.75) is 13.1 Å². The number of amides is 1. The van der Waals surface area contributed by atoms with Crippen molar-refractivity contribution < 1.29 is 14.3 Å². The molecule has 2 aliphatic rings. The highest BCUT2D eigenvalue weighted by Gasteiger charge is 2.34. The predicted molar refractivity (Wildman–Crippen MR) is 89.1 cm³/mol. The van der Waals surface area contributed by atoms with Gasteiger partial charge in [-0.1, -0.05) is 29.0 Å². The molecule has 3 N–H and O–H groups in total. The number of benzene rings is 1. The van der Waals surface area contributed by atoms with Crippen LogP contribution in [0, 0.1) is 5.92 Å². The first kappa shape index (κ1) is 14.6. The van der Waals surface area contributed by atoms with Crippen LogP contribution < -0.4 is 10.9 Å². The smallest absolute Gasteiger partial charge is 0.250 e. The number of rotatable bonds is 3. The fourth-order valence-electron chi connectivity index (χ4n) is 2.55. The maximum Gasteiger partial charge on any atom is 0.250 e. The number of carbonyl (C=O) groups is 1. The SMILES string of the molecule is C[Si](C)(O)c1cccc([N+]2=CC3C=CC=C(C(N)=O)C3=N2)c1. The van der Waals surface area contributed by atoms with E-state index in [0.717, 1.165) is 10.9 Å². The lowest BCUT2D eigenvalue weighted by molar-refractivity contribution is -0.437. The van der Waals surface area contributed by atoms with Crippen LogP contribution in [0.2, 0.25) is 13.1 Å². The van der Waals surface area contributed by atoms with Gasteiger partial charge in [0.2, 0.25) is 14.0 Å². The zero-order chi connectivity index (χ0) is 15.9. The topological polar surface area (TPSA) is 78.7 Å². The van der Waals surface area contributed by atoms with Crippen molar-refractivity contribution in [2.75, 3.05) is 0 Å². The molecule has 0 saturated carbocycles. The predicted octanol–water partition coefficient (Wildman–Crippen LogP) is 0.773. The van der Waals surface area contributed by atoms with Crippen molar-refractivity contribution in [3.8, 4) is 0 Å². The van der Waals surface area contributed by atoms with Crippen LogP contribution in [0.4, 0.5) is 5.69 Å². The highest BCUT2D eigenvalue weighted by molar-refractivity contribution is 6.83. The molecular formula is C16H18N3O2Si+. The van der Waals surface area contributed by atoms with E-state index in [4.69, 9.17) is 5.73 Å². The third-order valence-electron chi connectivity index (χ3n) is 3.77. The fraction of sp³-hybridized carbons (Fsp3) is 0.188. The molecule has 0 radical (unpaired) electrons. The lowest BCUT2D eigenvalue weighted by atomic mass is 9.93. The molecular weight excluding hydrogens is 294 g/mol. The Balaban J connectivity index is 2.00. The molecule has 0 spiro atoms. The first-order chi connectivity index (χ1) is 10.4. The maximum absolute atomic E-state index is 11.5. The Morgan fingerprint density at radius 1 is 1.41 bits per heavy atom. The average Bonchev–Trinajstić information content (AvgIpc) is 2.90. The summed E-state index contributed by atoms with van der Waals surface area (Å²) in [5.74, 6) is -0.517. The van der Waals surface area contributed by atoms with Gasteiger partial charge in [-0.15, -0.1) is 0 Å². The molecule has 0 aromatic heterocycles. The van der Waals surface area contributed by atoms with Crippen molar-refractivity contribution in [3.05, 3.63) is 48.1 Å². The minimum absolute atomic E-state index is 0.0458. The lowest BCUT2D eigenvalue weighted by Crippen LogP contribution is -2.41. The summed E-state index contributed by atoms with van der Waals surface area (Å²) in [4.78, 5) is 21.8. The van der Waals surface area contributed by atoms with Gasteiger partial charge in [0.05, 0.1) is 5.57 Å². The molecule has 0 bridgehead atoms. The molecule has 0 saturated heterocycles. The minimum Gasteiger partial charge on any atom is -0.428 e. The summed E-state index contributed by atoms with van der Waals surface area (Å²) in [7, 11) is -2.37. The minimum atomic E-state index is -2.37. The monoisotopic (exact) mass is 312 g/mol. The number of hydrogen-bond acceptors (Lipinski definition) is 3. The number of allylic oxidation sites excluding steroid dienone is 3. The van der Waals surface area contributed by atoms with Crippen LogP contribution in [0.1, 0.15) is 0 Å². The second-order valence-electron chi connectivity index (χ2n) is 5.94. The zero-order valence-electron chi connectivity index (χ0n) is 12.5. The summed E-state index contributed by atoms with van der Waals surface area (Å²) in [5.41, 5.74) is 7.38. The molecule has 5 nitrogen and oxygen atoms in total. The van der Waals surface area contributed by atoms with Crippen LogP contribution in [0.3, 0.4) is 0 Å². The van der Waals surface area contributed by atoms with Crippen LogP contribution in [0.15, 0.2) is 53.2 Å². The number of carbonyl (C=O) groups excluding carboxylic acids is 1. The van der Waals surface area contributed by atoms with Gasteiger partial charge in [0.25, 0.3) is 5.91 Å². The molecule has 1 aromatic carbocycles. The van der Waals surface area contributed by atoms with Crippen molar-refractivity contribution in [2.24, 2.45) is 16.8 Å². The van der Waals surface area contributed by atoms with Gasteiger partial charge < -0.3 is 10.5 Å². The highest BCUT2D eigenvalue weighted by Crippen LogP contribution is 2.23. The number of hydrazone groups is 1. The average molecular weight is 312 g/mol. The Morgan fingerprint density at radius 3 is 2.86 bits per heavy atom. The van der Waals surface area contributed by atoms with E-state index in [0.29, 0.717) is 11.3 Å². The summed E-state index contributed by atoms with van der Waals surface area (Å²) in [6.45, 7) is 3.75. The van der Waals surface area contributed by atoms with Crippen LogP contribution in [-0.4, -0.2) is 35.6 Å². The van der Waals surface area contributed by atoms with E-state index in [1.54, 1.807) is 10.8 Å². The molecule has 1 aliphatic carbocycles. The van der Waals surface area contributed by atoms with E-state index in [9.17, 15) is 9.59 Å². The van der Waals surface area contributed by atoms with Gasteiger partial charge >= 0.3 is 0 Å². The third-order valence-corrected chi connectivity index (χ3v) is 5.50. The molecule has 6 heteroatoms. The highest BCUT2D eigenvalue weighted by atomic mass is 28.4. The number of hydrogen-bond donors (Lipinski definition) is 2. The van der Waals surface area contributed by atoms with Gasteiger partial charge in [-0.05, 0) is 24.4 Å². The summed E-state index contributed by atoms with van der Waals surface area (Å²) >= 11 is 0. The molecule has 1 amide bonds. The number of primary amides is 1. The lowest BCUT2D eigenvalue weighted by Gasteiger charge is -2.13. The standard InChI is InChI=1S/C16H17N3O2Si/c1-22(2,21)13-7-4-6-12(9-13)19-10-11-5-3-8-14(16(17)20)15(11)18-19/h3-11,21H,1-2H3,(H-,17,20)/p+1. The number of nitrogens with zero attached hydrogens (tertiary/aromatic N) is 2. The van der Waals surface area contributed by atoms with Crippen molar-refractivity contribution in [1.29, 1.82) is 0 Å². The van der Waals surface area contributed by atoms with Crippen LogP contribution >= 0.6 is 0 Å². The van der Waals surface area contributed by atoms with Crippen molar-refractivity contribution in [1.82, 2.24) is 0 Å². The van der Waals surface area contributed by atoms with Crippen molar-refractivity contribution in [3.63, 3.8) is 0 Å². The van der Waals surface area contributed by atoms with E-state index in [2.05, 4.69) is 5.10 Å². The summed E-state index contributed by atoms with van der Waals surface area (Å²) in [6, 6.07) is 7.72. The molecule has 1 aliphatic heterocycles. The normalized spacial score (nSPS) is 20.1. The van der Waals surface area contributed by atoms with E-state index < -0.39 is 14.2 Å². The second-order valence-corrected chi connectivity index (χ2v) is 9.64. The van der Waals surface area contributed by atoms with Gasteiger partial charge in [0.1, 0.15) is 11.6 Å². The fourth-order valence-corrected chi connectivity index (χ4v) is 3.56. The first-order valence-corrected chi connectivity index (χ1v) is 10.1. The molecule has 0 fully saturated rings. The first-order valence-electron chi connectivity index (χ1n) is 7.10. The molecule has 1 heterocycles. The van der Waals surface area contributed by atoms with E-state index in [-0.39, 0.29) is 5.92 Å². The van der Waals surface area contributed by atoms with E-state index in [1.807, 2.05) is 55.7 Å². The van der Waals surface area contributed by atoms with Crippen molar-refractivity contribution >= 4 is 37.0 Å². The Hall–Kier alpha value is -2.31. The van der Waals surface area contributed by atoms with E-state index in [1.165, 1.54) is 0 Å². The van der Waals surface area contributed by atoms with Gasteiger partial charge in [-0.25, -0.2) is 0 Å². The third kappa shape index (κ3) is 2.58. The van der Waals surface area contributed by atoms with E-state index >= 15 is 0 Å². The second kappa shape index (κ2) is 5.15. The molecule has 22 heavy (non-hydrogen) atoms. The molecule has 1 atom stereocenters. The summed E-state index contributed by atoms with van der Waals surface area (Å²) in [6.07, 6.45) is 7.42. The van der Waals surface area contributed by atoms with Crippen LogP contribution in [0.25, 0.3) is 0 Å². The van der Waals surface area contributed by atoms with Gasteiger partial charge in [-0.2, -0.15) is 0 Å². The molecule has 1 unspecified atom stereocenters. The van der Waals surface area contributed by atoms with Crippen LogP contribution in [0.5, 0.6) is 0 Å². The zero-order valence-corrected chi connectivity index (χ0v) is 13.5. The quantitative estimate of drug-likeness (QED) is 0.639. The van der Waals surface area contributed by atoms with Crippen LogP contribution in [-0.2, 0) is 4.79 Å². The Kier molecular flexibility index (Phi) is 3.42. The van der Waals surface area contributed by atoms with Gasteiger partial charge in [0, 0.05) is 17.2 Å². The summed E-state index contributed by atoms with van der Waals surface area (Å²) < 4.78 is 1.75. The Morgan fingerprint density at radius 2 is 2.18 bits per heavy atom. The summed E-state index contributed by atoms with van der Waals surface area (Å²) in [5, 5.41) is 5.45. The van der Waals surface area contributed by atoms with Gasteiger partial charge in [0.15, 0.2) is 6.21 Å². The molecule has 112 valence electrons. The Labute approximate surface area is 129 Å². The molecule has 1 aromatic rings.